The number of aldehydes is 1. The van der Waals surface area contributed by atoms with Crippen molar-refractivity contribution in [3.8, 4) is 5.75 Å². The van der Waals surface area contributed by atoms with Crippen LogP contribution in [0.3, 0.4) is 0 Å². The van der Waals surface area contributed by atoms with Crippen molar-refractivity contribution in [3.05, 3.63) is 28.1 Å². The highest BCUT2D eigenvalue weighted by Crippen LogP contribution is 2.02. The molecule has 0 N–H and O–H groups in total. The third-order valence-corrected chi connectivity index (χ3v) is 2.56. The Morgan fingerprint density at radius 1 is 1.47 bits per heavy atom. The summed E-state index contributed by atoms with van der Waals surface area (Å²) in [6, 6.07) is 3.52. The second-order valence-electron chi connectivity index (χ2n) is 4.02. The lowest BCUT2D eigenvalue weighted by Crippen LogP contribution is -2.29. The molecule has 92 valence electrons. The SMILES string of the molecule is C=c1c(OC)cc(C=O)c/c1=C/N(C)CCC. The molecule has 1 aromatic rings. The maximum absolute atomic E-state index is 10.8. The maximum atomic E-state index is 10.8. The van der Waals surface area contributed by atoms with Crippen LogP contribution in [0.1, 0.15) is 23.7 Å². The molecule has 0 spiro atoms. The number of nitrogens with zero attached hydrogens (tertiary/aromatic N) is 1. The minimum Gasteiger partial charge on any atom is -0.496 e. The second kappa shape index (κ2) is 6.09. The minimum atomic E-state index is 0.602. The Morgan fingerprint density at radius 3 is 2.71 bits per heavy atom. The van der Waals surface area contributed by atoms with Crippen LogP contribution >= 0.6 is 0 Å². The van der Waals surface area contributed by atoms with Crippen molar-refractivity contribution in [3.63, 3.8) is 0 Å². The first kappa shape index (κ1) is 13.3. The summed E-state index contributed by atoms with van der Waals surface area (Å²) in [7, 11) is 3.58. The molecule has 0 aromatic heterocycles. The number of benzene rings is 1. The molecular weight excluding hydrogens is 214 g/mol. The molecule has 3 heteroatoms. The molecule has 1 rings (SSSR count). The van der Waals surface area contributed by atoms with E-state index in [2.05, 4.69) is 18.4 Å². The standard InChI is InChI=1S/C14H19NO2/c1-5-6-15(3)9-13-7-12(10-16)8-14(17-4)11(13)2/h7-10H,2,5-6H2,1,3-4H3/b13-9-. The number of carbonyl (C=O) groups excluding carboxylic acids is 1. The number of ether oxygens (including phenoxy) is 1. The van der Waals surface area contributed by atoms with E-state index in [1.54, 1.807) is 13.2 Å². The van der Waals surface area contributed by atoms with Gasteiger partial charge in [0.05, 0.1) is 7.11 Å². The molecule has 1 aromatic carbocycles. The van der Waals surface area contributed by atoms with Crippen LogP contribution in [0.15, 0.2) is 12.1 Å². The zero-order valence-electron chi connectivity index (χ0n) is 10.7. The highest BCUT2D eigenvalue weighted by Gasteiger charge is 2.00. The van der Waals surface area contributed by atoms with Crippen LogP contribution < -0.4 is 15.2 Å². The summed E-state index contributed by atoms with van der Waals surface area (Å²) >= 11 is 0. The summed E-state index contributed by atoms with van der Waals surface area (Å²) in [5.74, 6) is 0.644. The van der Waals surface area contributed by atoms with Gasteiger partial charge in [0.25, 0.3) is 0 Å². The molecular formula is C14H19NO2. The molecule has 0 amide bonds. The molecule has 0 aliphatic rings. The first-order valence-corrected chi connectivity index (χ1v) is 5.66. The minimum absolute atomic E-state index is 0.602. The van der Waals surface area contributed by atoms with Gasteiger partial charge < -0.3 is 9.64 Å². The van der Waals surface area contributed by atoms with Gasteiger partial charge in [0.1, 0.15) is 12.0 Å². The third kappa shape index (κ3) is 3.34. The fourth-order valence-electron chi connectivity index (χ4n) is 1.71. The highest BCUT2D eigenvalue weighted by molar-refractivity contribution is 5.75. The molecule has 0 aliphatic heterocycles. The van der Waals surface area contributed by atoms with Crippen molar-refractivity contribution in [1.29, 1.82) is 0 Å². The Hall–Kier alpha value is -1.77. The zero-order valence-corrected chi connectivity index (χ0v) is 10.7. The molecule has 0 radical (unpaired) electrons. The third-order valence-electron chi connectivity index (χ3n) is 2.56. The number of hydrogen-bond donors (Lipinski definition) is 0. The molecule has 3 nitrogen and oxygen atoms in total. The summed E-state index contributed by atoms with van der Waals surface area (Å²) in [6.07, 6.45) is 3.88. The molecule has 0 bridgehead atoms. The lowest BCUT2D eigenvalue weighted by Gasteiger charge is -2.12. The number of carbonyl (C=O) groups is 1. The summed E-state index contributed by atoms with van der Waals surface area (Å²) in [4.78, 5) is 12.9. The van der Waals surface area contributed by atoms with Crippen LogP contribution in [-0.2, 0) is 0 Å². The fraction of sp³-hybridized carbons (Fsp3) is 0.357. The van der Waals surface area contributed by atoms with Gasteiger partial charge in [-0.3, -0.25) is 4.79 Å². The van der Waals surface area contributed by atoms with E-state index in [4.69, 9.17) is 4.74 Å². The van der Waals surface area contributed by atoms with Crippen LogP contribution in [0.5, 0.6) is 5.75 Å². The van der Waals surface area contributed by atoms with E-state index in [0.717, 1.165) is 29.7 Å². The fourth-order valence-corrected chi connectivity index (χ4v) is 1.71. The molecule has 17 heavy (non-hydrogen) atoms. The van der Waals surface area contributed by atoms with Crippen molar-refractivity contribution in [1.82, 2.24) is 4.90 Å². The normalized spacial score (nSPS) is 11.4. The molecule has 0 saturated heterocycles. The highest BCUT2D eigenvalue weighted by atomic mass is 16.5. The summed E-state index contributed by atoms with van der Waals surface area (Å²) in [5, 5.41) is 1.73. The predicted octanol–water partition coefficient (Wildman–Crippen LogP) is 0.998. The summed E-state index contributed by atoms with van der Waals surface area (Å²) < 4.78 is 5.21. The van der Waals surface area contributed by atoms with E-state index >= 15 is 0 Å². The Labute approximate surface area is 102 Å². The second-order valence-corrected chi connectivity index (χ2v) is 4.02. The summed E-state index contributed by atoms with van der Waals surface area (Å²) in [6.45, 7) is 7.07. The zero-order chi connectivity index (χ0) is 12.8. The quantitative estimate of drug-likeness (QED) is 0.711. The molecule has 0 atom stereocenters. The van der Waals surface area contributed by atoms with Gasteiger partial charge >= 0.3 is 0 Å². The smallest absolute Gasteiger partial charge is 0.150 e. The number of methoxy groups -OCH3 is 1. The van der Waals surface area contributed by atoms with Gasteiger partial charge in [-0.05, 0) is 18.6 Å². The van der Waals surface area contributed by atoms with Crippen LogP contribution in [0.4, 0.5) is 0 Å². The van der Waals surface area contributed by atoms with Gasteiger partial charge in [-0.15, -0.1) is 0 Å². The van der Waals surface area contributed by atoms with E-state index in [0.29, 0.717) is 11.3 Å². The van der Waals surface area contributed by atoms with E-state index in [1.807, 2.05) is 19.3 Å². The Bertz CT molecular complexity index is 494. The average molecular weight is 233 g/mol. The average Bonchev–Trinajstić information content (AvgIpc) is 2.32. The van der Waals surface area contributed by atoms with Gasteiger partial charge in [0.15, 0.2) is 0 Å². The van der Waals surface area contributed by atoms with Crippen molar-refractivity contribution in [2.45, 2.75) is 13.3 Å². The van der Waals surface area contributed by atoms with Gasteiger partial charge in [-0.25, -0.2) is 0 Å². The molecule has 0 fully saturated rings. The van der Waals surface area contributed by atoms with Gasteiger partial charge in [0, 0.05) is 35.8 Å². The summed E-state index contributed by atoms with van der Waals surface area (Å²) in [5.41, 5.74) is 0.602. The van der Waals surface area contributed by atoms with E-state index in [1.165, 1.54) is 0 Å². The number of hydrogen-bond acceptors (Lipinski definition) is 3. The van der Waals surface area contributed by atoms with Crippen molar-refractivity contribution >= 4 is 19.1 Å². The molecule has 0 heterocycles. The van der Waals surface area contributed by atoms with Crippen LogP contribution in [0.2, 0.25) is 0 Å². The first-order valence-electron chi connectivity index (χ1n) is 5.66. The lowest BCUT2D eigenvalue weighted by atomic mass is 10.1. The van der Waals surface area contributed by atoms with Crippen LogP contribution in [0.25, 0.3) is 12.8 Å². The van der Waals surface area contributed by atoms with E-state index < -0.39 is 0 Å². The molecule has 0 unspecified atom stereocenters. The lowest BCUT2D eigenvalue weighted by molar-refractivity contribution is 0.112. The Kier molecular flexibility index (Phi) is 4.76. The van der Waals surface area contributed by atoms with E-state index in [9.17, 15) is 4.79 Å². The molecule has 0 aliphatic carbocycles. The van der Waals surface area contributed by atoms with Crippen molar-refractivity contribution in [2.75, 3.05) is 20.7 Å². The van der Waals surface area contributed by atoms with Crippen LogP contribution in [0, 0.1) is 0 Å². The maximum Gasteiger partial charge on any atom is 0.150 e. The number of rotatable bonds is 5. The van der Waals surface area contributed by atoms with Gasteiger partial charge in [0.2, 0.25) is 0 Å². The van der Waals surface area contributed by atoms with Crippen molar-refractivity contribution < 1.29 is 9.53 Å². The predicted molar refractivity (Wildman–Crippen MR) is 70.5 cm³/mol. The molecule has 0 saturated carbocycles. The van der Waals surface area contributed by atoms with E-state index in [-0.39, 0.29) is 0 Å². The van der Waals surface area contributed by atoms with Crippen molar-refractivity contribution in [2.24, 2.45) is 0 Å². The van der Waals surface area contributed by atoms with Crippen LogP contribution in [-0.4, -0.2) is 31.9 Å². The topological polar surface area (TPSA) is 29.5 Å². The largest absolute Gasteiger partial charge is 0.496 e. The Morgan fingerprint density at radius 2 is 2.18 bits per heavy atom. The Balaban J connectivity index is 3.31. The monoisotopic (exact) mass is 233 g/mol. The van der Waals surface area contributed by atoms with Gasteiger partial charge in [-0.2, -0.15) is 0 Å². The van der Waals surface area contributed by atoms with Gasteiger partial charge in [-0.1, -0.05) is 13.5 Å². The first-order chi connectivity index (χ1) is 8.12.